The highest BCUT2D eigenvalue weighted by Gasteiger charge is 2.60. The molecule has 2 fully saturated rings. The van der Waals surface area contributed by atoms with Crippen LogP contribution in [0.3, 0.4) is 0 Å². The van der Waals surface area contributed by atoms with Crippen LogP contribution < -0.4 is 16.0 Å². The summed E-state index contributed by atoms with van der Waals surface area (Å²) in [5.74, 6) is -2.03. The number of amides is 2. The van der Waals surface area contributed by atoms with Gasteiger partial charge < -0.3 is 25.6 Å². The Bertz CT molecular complexity index is 1280. The van der Waals surface area contributed by atoms with Gasteiger partial charge in [-0.1, -0.05) is 62.2 Å². The summed E-state index contributed by atoms with van der Waals surface area (Å²) < 4.78 is 15.8. The molecule has 2 aromatic rings. The van der Waals surface area contributed by atoms with Crippen LogP contribution in [-0.2, 0) is 19.8 Å². The van der Waals surface area contributed by atoms with Crippen LogP contribution in [0.15, 0.2) is 36.4 Å². The minimum absolute atomic E-state index is 0.0640. The molecular formula is C29H35Cl2FN4O3. The summed E-state index contributed by atoms with van der Waals surface area (Å²) >= 11 is 12.5. The molecular weight excluding hydrogens is 542 g/mol. The zero-order valence-electron chi connectivity index (χ0n) is 22.8. The van der Waals surface area contributed by atoms with Gasteiger partial charge in [0.1, 0.15) is 12.1 Å². The van der Waals surface area contributed by atoms with Crippen LogP contribution in [0.2, 0.25) is 10.0 Å². The summed E-state index contributed by atoms with van der Waals surface area (Å²) in [4.78, 5) is 40.7. The molecule has 0 aromatic heterocycles. The number of nitrogens with zero attached hydrogens (tertiary/aromatic N) is 1. The average Bonchev–Trinajstić information content (AvgIpc) is 3.15. The summed E-state index contributed by atoms with van der Waals surface area (Å²) in [5.41, 5.74) is -0.196. The zero-order chi connectivity index (χ0) is 28.7. The maximum absolute atomic E-state index is 15.8. The molecule has 2 amide bonds. The molecule has 4 atom stereocenters. The van der Waals surface area contributed by atoms with Gasteiger partial charge in [0, 0.05) is 49.7 Å². The van der Waals surface area contributed by atoms with E-state index in [1.165, 1.54) is 13.0 Å². The smallest absolute Gasteiger partial charge is 0.238 e. The van der Waals surface area contributed by atoms with Crippen LogP contribution >= 0.6 is 23.2 Å². The molecule has 2 aliphatic heterocycles. The maximum Gasteiger partial charge on any atom is 0.238 e. The molecule has 10 heteroatoms. The van der Waals surface area contributed by atoms with E-state index in [0.717, 1.165) is 6.29 Å². The maximum atomic E-state index is 15.8. The topological polar surface area (TPSA) is 90.5 Å². The van der Waals surface area contributed by atoms with Gasteiger partial charge >= 0.3 is 0 Å². The highest BCUT2D eigenvalue weighted by molar-refractivity contribution is 6.31. The standard InChI is InChI=1S/C29H35Cl2FN4O3/c1-16(38)36-13-18(14-36)34-27(39)26-24(19-7-6-8-21(31)25(19)32)29(15-37,23(35-26)12-28(2,3)4)20-10-9-17(30)11-22(20)33-5/h6-11,15,18,23-24,26,33,35H,12-14H2,1-5H3,(H,34,39). The molecule has 0 spiro atoms. The normalized spacial score (nSPS) is 25.2. The molecule has 0 bridgehead atoms. The first kappa shape index (κ1) is 29.3. The lowest BCUT2D eigenvalue weighted by molar-refractivity contribution is -0.136. The first-order valence-electron chi connectivity index (χ1n) is 13.0. The number of hydrogen-bond acceptors (Lipinski definition) is 5. The van der Waals surface area contributed by atoms with Gasteiger partial charge in [-0.3, -0.25) is 9.59 Å². The van der Waals surface area contributed by atoms with E-state index in [1.54, 1.807) is 42.3 Å². The van der Waals surface area contributed by atoms with Crippen LogP contribution in [0.25, 0.3) is 0 Å². The quantitative estimate of drug-likeness (QED) is 0.422. The second kappa shape index (κ2) is 11.1. The molecule has 2 saturated heterocycles. The fourth-order valence-corrected chi connectivity index (χ4v) is 6.36. The SMILES string of the molecule is CNc1cc(Cl)ccc1C1(C=O)C(CC(C)(C)C)NC(C(=O)NC2CN(C(C)=O)C2)C1c1cccc(Cl)c1F. The van der Waals surface area contributed by atoms with E-state index in [4.69, 9.17) is 23.2 Å². The van der Waals surface area contributed by atoms with Crippen LogP contribution in [0.4, 0.5) is 10.1 Å². The second-order valence-corrected chi connectivity index (χ2v) is 12.5. The van der Waals surface area contributed by atoms with Crippen molar-refractivity contribution in [2.24, 2.45) is 5.41 Å². The molecule has 39 heavy (non-hydrogen) atoms. The highest BCUT2D eigenvalue weighted by Crippen LogP contribution is 2.53. The molecule has 2 aromatic carbocycles. The number of likely N-dealkylation sites (tertiary alicyclic amines) is 1. The lowest BCUT2D eigenvalue weighted by Gasteiger charge is -2.40. The number of carbonyl (C=O) groups is 3. The van der Waals surface area contributed by atoms with E-state index in [-0.39, 0.29) is 33.9 Å². The van der Waals surface area contributed by atoms with Crippen molar-refractivity contribution in [1.29, 1.82) is 0 Å². The average molecular weight is 578 g/mol. The first-order chi connectivity index (χ1) is 18.3. The molecule has 0 aliphatic carbocycles. The van der Waals surface area contributed by atoms with Gasteiger partial charge in [-0.05, 0) is 41.2 Å². The summed E-state index contributed by atoms with van der Waals surface area (Å²) in [7, 11) is 1.73. The van der Waals surface area contributed by atoms with Crippen LogP contribution in [-0.4, -0.2) is 61.3 Å². The minimum Gasteiger partial charge on any atom is -0.388 e. The number of carbonyl (C=O) groups excluding carboxylic acids is 3. The monoisotopic (exact) mass is 576 g/mol. The van der Waals surface area contributed by atoms with Crippen molar-refractivity contribution in [1.82, 2.24) is 15.5 Å². The fourth-order valence-electron chi connectivity index (χ4n) is 6.00. The lowest BCUT2D eigenvalue weighted by Crippen LogP contribution is -2.62. The molecule has 210 valence electrons. The Morgan fingerprint density at radius 1 is 1.21 bits per heavy atom. The first-order valence-corrected chi connectivity index (χ1v) is 13.8. The van der Waals surface area contributed by atoms with Crippen LogP contribution in [0, 0.1) is 11.2 Å². The van der Waals surface area contributed by atoms with Crippen molar-refractivity contribution in [2.45, 2.75) is 63.6 Å². The molecule has 0 radical (unpaired) electrons. The van der Waals surface area contributed by atoms with E-state index in [9.17, 15) is 14.4 Å². The fraction of sp³-hybridized carbons (Fsp3) is 0.483. The number of rotatable bonds is 7. The molecule has 3 N–H and O–H groups in total. The van der Waals surface area contributed by atoms with Gasteiger partial charge in [-0.2, -0.15) is 0 Å². The Balaban J connectivity index is 1.90. The number of nitrogens with one attached hydrogen (secondary N) is 3. The van der Waals surface area contributed by atoms with Crippen molar-refractivity contribution in [3.8, 4) is 0 Å². The largest absolute Gasteiger partial charge is 0.388 e. The predicted molar refractivity (Wildman–Crippen MR) is 152 cm³/mol. The number of aldehydes is 1. The highest BCUT2D eigenvalue weighted by atomic mass is 35.5. The number of hydrogen-bond donors (Lipinski definition) is 3. The number of benzene rings is 2. The van der Waals surface area contributed by atoms with E-state index in [2.05, 4.69) is 36.7 Å². The van der Waals surface area contributed by atoms with E-state index in [1.807, 2.05) is 0 Å². The third-order valence-corrected chi connectivity index (χ3v) is 8.33. The summed E-state index contributed by atoms with van der Waals surface area (Å²) in [6.07, 6.45) is 1.36. The predicted octanol–water partition coefficient (Wildman–Crippen LogP) is 4.52. The van der Waals surface area contributed by atoms with Gasteiger partial charge in [-0.15, -0.1) is 0 Å². The van der Waals surface area contributed by atoms with Crippen LogP contribution in [0.1, 0.15) is 51.2 Å². The molecule has 2 aliphatic rings. The van der Waals surface area contributed by atoms with Gasteiger partial charge in [0.2, 0.25) is 11.8 Å². The molecule has 7 nitrogen and oxygen atoms in total. The Kier molecular flexibility index (Phi) is 8.31. The Hall–Kier alpha value is -2.68. The number of halogens is 3. The Morgan fingerprint density at radius 3 is 2.49 bits per heavy atom. The number of anilines is 1. The Morgan fingerprint density at radius 2 is 1.90 bits per heavy atom. The Labute approximate surface area is 238 Å². The summed E-state index contributed by atoms with van der Waals surface area (Å²) in [6, 6.07) is 8.12. The third kappa shape index (κ3) is 5.52. The van der Waals surface area contributed by atoms with Crippen molar-refractivity contribution in [3.05, 3.63) is 63.4 Å². The van der Waals surface area contributed by atoms with Gasteiger partial charge in [0.25, 0.3) is 0 Å². The summed E-state index contributed by atoms with van der Waals surface area (Å²) in [5, 5.41) is 9.97. The van der Waals surface area contributed by atoms with E-state index in [0.29, 0.717) is 35.8 Å². The summed E-state index contributed by atoms with van der Waals surface area (Å²) in [6.45, 7) is 8.44. The molecule has 0 saturated carbocycles. The minimum atomic E-state index is -1.35. The van der Waals surface area contributed by atoms with Crippen LogP contribution in [0.5, 0.6) is 0 Å². The van der Waals surface area contributed by atoms with Crippen molar-refractivity contribution >= 4 is 47.0 Å². The molecule has 4 rings (SSSR count). The second-order valence-electron chi connectivity index (χ2n) is 11.7. The van der Waals surface area contributed by atoms with Crippen molar-refractivity contribution in [2.75, 3.05) is 25.5 Å². The van der Waals surface area contributed by atoms with Gasteiger partial charge in [-0.25, -0.2) is 4.39 Å². The van der Waals surface area contributed by atoms with E-state index < -0.39 is 29.2 Å². The molecule has 4 unspecified atom stereocenters. The van der Waals surface area contributed by atoms with Gasteiger partial charge in [0.15, 0.2) is 0 Å². The van der Waals surface area contributed by atoms with Crippen molar-refractivity contribution < 1.29 is 18.8 Å². The lowest BCUT2D eigenvalue weighted by atomic mass is 9.62. The molecule has 2 heterocycles. The van der Waals surface area contributed by atoms with E-state index >= 15 is 4.39 Å². The zero-order valence-corrected chi connectivity index (χ0v) is 24.3. The van der Waals surface area contributed by atoms with Gasteiger partial charge in [0.05, 0.1) is 22.5 Å². The third-order valence-electron chi connectivity index (χ3n) is 7.81. The van der Waals surface area contributed by atoms with Crippen molar-refractivity contribution in [3.63, 3.8) is 0 Å².